The summed E-state index contributed by atoms with van der Waals surface area (Å²) in [5, 5.41) is 58.3. The quantitative estimate of drug-likeness (QED) is 0.297. The summed E-state index contributed by atoms with van der Waals surface area (Å²) in [5.41, 5.74) is 0.534. The molecule has 9 atom stereocenters. The zero-order valence-electron chi connectivity index (χ0n) is 12.8. The highest BCUT2D eigenvalue weighted by Crippen LogP contribution is 2.40. The number of hydrogen-bond donors (Lipinski definition) is 6. The molecule has 0 radical (unpaired) electrons. The number of rotatable bonds is 4. The van der Waals surface area contributed by atoms with Gasteiger partial charge in [-0.25, -0.2) is 0 Å². The van der Waals surface area contributed by atoms with Crippen LogP contribution in [-0.2, 0) is 14.2 Å². The fourth-order valence-electron chi connectivity index (χ4n) is 3.38. The SMILES string of the molecule is OCC1=C[C@H](O)[C@@H]2C=CO[C@@H](O[C@H]3O[C@@H](CO)[C@H](O)[C@@H](O)[C@@H]3O)[C@H]12. The Morgan fingerprint density at radius 2 is 1.75 bits per heavy atom. The van der Waals surface area contributed by atoms with E-state index in [9.17, 15) is 30.6 Å². The molecule has 0 aromatic heterocycles. The smallest absolute Gasteiger partial charge is 0.209 e. The van der Waals surface area contributed by atoms with Gasteiger partial charge >= 0.3 is 0 Å². The minimum Gasteiger partial charge on any atom is -0.472 e. The molecule has 1 fully saturated rings. The lowest BCUT2D eigenvalue weighted by molar-refractivity contribution is -0.339. The van der Waals surface area contributed by atoms with Crippen molar-refractivity contribution in [2.75, 3.05) is 13.2 Å². The third-order valence-electron chi connectivity index (χ3n) is 4.73. The molecule has 24 heavy (non-hydrogen) atoms. The second kappa shape index (κ2) is 7.06. The lowest BCUT2D eigenvalue weighted by atomic mass is 9.88. The second-order valence-electron chi connectivity index (χ2n) is 6.16. The molecule has 9 nitrogen and oxygen atoms in total. The Hall–Kier alpha value is -1.04. The predicted molar refractivity (Wildman–Crippen MR) is 77.0 cm³/mol. The molecule has 0 unspecified atom stereocenters. The monoisotopic (exact) mass is 346 g/mol. The van der Waals surface area contributed by atoms with E-state index < -0.39 is 55.6 Å². The first-order valence-electron chi connectivity index (χ1n) is 7.75. The van der Waals surface area contributed by atoms with Crippen molar-refractivity contribution < 1.29 is 44.8 Å². The molecule has 1 aliphatic carbocycles. The molecule has 1 saturated heterocycles. The van der Waals surface area contributed by atoms with Crippen LogP contribution in [0.2, 0.25) is 0 Å². The number of aliphatic hydroxyl groups is 6. The van der Waals surface area contributed by atoms with Crippen LogP contribution in [0, 0.1) is 11.8 Å². The maximum atomic E-state index is 10.0. The van der Waals surface area contributed by atoms with Crippen molar-refractivity contribution in [3.8, 4) is 0 Å². The van der Waals surface area contributed by atoms with E-state index in [1.807, 2.05) is 0 Å². The van der Waals surface area contributed by atoms with E-state index in [0.717, 1.165) is 0 Å². The molecule has 0 bridgehead atoms. The Bertz CT molecular complexity index is 505. The number of aliphatic hydroxyl groups excluding tert-OH is 6. The number of ether oxygens (including phenoxy) is 3. The summed E-state index contributed by atoms with van der Waals surface area (Å²) in [6.45, 7) is -0.854. The van der Waals surface area contributed by atoms with Crippen molar-refractivity contribution in [2.24, 2.45) is 11.8 Å². The van der Waals surface area contributed by atoms with Crippen LogP contribution in [0.15, 0.2) is 24.0 Å². The average molecular weight is 346 g/mol. The maximum absolute atomic E-state index is 10.0. The maximum Gasteiger partial charge on any atom is 0.209 e. The van der Waals surface area contributed by atoms with Crippen LogP contribution in [0.3, 0.4) is 0 Å². The van der Waals surface area contributed by atoms with Crippen LogP contribution < -0.4 is 0 Å². The summed E-state index contributed by atoms with van der Waals surface area (Å²) in [6.07, 6.45) is -4.27. The van der Waals surface area contributed by atoms with E-state index >= 15 is 0 Å². The number of fused-ring (bicyclic) bond motifs is 1. The molecule has 9 heteroatoms. The first-order valence-corrected chi connectivity index (χ1v) is 7.75. The van der Waals surface area contributed by atoms with E-state index in [0.29, 0.717) is 5.57 Å². The van der Waals surface area contributed by atoms with E-state index in [4.69, 9.17) is 14.2 Å². The largest absolute Gasteiger partial charge is 0.472 e. The molecule has 6 N–H and O–H groups in total. The van der Waals surface area contributed by atoms with Gasteiger partial charge in [-0.3, -0.25) is 0 Å². The highest BCUT2D eigenvalue weighted by atomic mass is 16.8. The van der Waals surface area contributed by atoms with Crippen molar-refractivity contribution in [2.45, 2.75) is 43.1 Å². The topological polar surface area (TPSA) is 149 Å². The molecule has 3 rings (SSSR count). The van der Waals surface area contributed by atoms with E-state index in [1.54, 1.807) is 6.08 Å². The third-order valence-corrected chi connectivity index (χ3v) is 4.73. The molecule has 0 saturated carbocycles. The van der Waals surface area contributed by atoms with Crippen molar-refractivity contribution in [3.05, 3.63) is 24.0 Å². The zero-order valence-corrected chi connectivity index (χ0v) is 12.8. The van der Waals surface area contributed by atoms with Gasteiger partial charge in [0, 0.05) is 5.92 Å². The molecule has 3 aliphatic rings. The molecular formula is C15H22O9. The van der Waals surface area contributed by atoms with Crippen LogP contribution >= 0.6 is 0 Å². The Kier molecular flexibility index (Phi) is 5.23. The fraction of sp³-hybridized carbons (Fsp3) is 0.733. The van der Waals surface area contributed by atoms with Crippen molar-refractivity contribution in [1.29, 1.82) is 0 Å². The Balaban J connectivity index is 1.75. The predicted octanol–water partition coefficient (Wildman–Crippen LogP) is -2.80. The van der Waals surface area contributed by atoms with Gasteiger partial charge in [0.1, 0.15) is 24.4 Å². The summed E-state index contributed by atoms with van der Waals surface area (Å²) in [5.74, 6) is -0.835. The van der Waals surface area contributed by atoms with Gasteiger partial charge in [-0.05, 0) is 11.6 Å². The minimum absolute atomic E-state index is 0.288. The Labute approximate surface area is 138 Å². The summed E-state index contributed by atoms with van der Waals surface area (Å²) < 4.78 is 16.3. The van der Waals surface area contributed by atoms with Crippen LogP contribution in [0.25, 0.3) is 0 Å². The van der Waals surface area contributed by atoms with Crippen molar-refractivity contribution >= 4 is 0 Å². The molecule has 2 heterocycles. The average Bonchev–Trinajstić information content (AvgIpc) is 2.92. The van der Waals surface area contributed by atoms with E-state index in [-0.39, 0.29) is 12.5 Å². The second-order valence-corrected chi connectivity index (χ2v) is 6.16. The van der Waals surface area contributed by atoms with Gasteiger partial charge < -0.3 is 44.8 Å². The van der Waals surface area contributed by atoms with Gasteiger partial charge in [0.25, 0.3) is 0 Å². The molecule has 136 valence electrons. The third kappa shape index (κ3) is 2.98. The van der Waals surface area contributed by atoms with Gasteiger partial charge in [0.05, 0.1) is 31.5 Å². The molecule has 0 aromatic rings. The minimum atomic E-state index is -1.56. The van der Waals surface area contributed by atoms with Gasteiger partial charge in [-0.15, -0.1) is 0 Å². The standard InChI is InChI=1S/C15H22O9/c16-4-6-3-8(18)7-1-2-22-14(10(6)7)24-15-13(21)12(20)11(19)9(5-17)23-15/h1-3,7-21H,4-5H2/t7-,8-,9-,10+,11-,12+,13-,14-,15+/m0/s1. The van der Waals surface area contributed by atoms with Crippen LogP contribution in [0.4, 0.5) is 0 Å². The molecule has 0 spiro atoms. The zero-order chi connectivity index (χ0) is 17.4. The van der Waals surface area contributed by atoms with Crippen molar-refractivity contribution in [1.82, 2.24) is 0 Å². The molecule has 2 aliphatic heterocycles. The Morgan fingerprint density at radius 3 is 2.42 bits per heavy atom. The summed E-state index contributed by atoms with van der Waals surface area (Å²) in [6, 6.07) is 0. The van der Waals surface area contributed by atoms with Gasteiger partial charge in [-0.2, -0.15) is 0 Å². The highest BCUT2D eigenvalue weighted by molar-refractivity contribution is 5.25. The van der Waals surface area contributed by atoms with Crippen LogP contribution in [0.1, 0.15) is 0 Å². The van der Waals surface area contributed by atoms with Crippen LogP contribution in [-0.4, -0.2) is 87.0 Å². The summed E-state index contributed by atoms with van der Waals surface area (Å²) in [7, 11) is 0. The lowest BCUT2D eigenvalue weighted by Crippen LogP contribution is -2.60. The van der Waals surface area contributed by atoms with Crippen molar-refractivity contribution in [3.63, 3.8) is 0 Å². The number of hydrogen-bond acceptors (Lipinski definition) is 9. The molecular weight excluding hydrogens is 324 g/mol. The highest BCUT2D eigenvalue weighted by Gasteiger charge is 2.49. The lowest BCUT2D eigenvalue weighted by Gasteiger charge is -2.42. The first kappa shape index (κ1) is 17.8. The summed E-state index contributed by atoms with van der Waals surface area (Å²) >= 11 is 0. The van der Waals surface area contributed by atoms with Gasteiger partial charge in [-0.1, -0.05) is 6.08 Å². The normalized spacial score (nSPS) is 47.9. The van der Waals surface area contributed by atoms with E-state index in [2.05, 4.69) is 0 Å². The Morgan fingerprint density at radius 1 is 1.00 bits per heavy atom. The van der Waals surface area contributed by atoms with E-state index in [1.165, 1.54) is 12.3 Å². The molecule has 0 aromatic carbocycles. The first-order chi connectivity index (χ1) is 11.5. The summed E-state index contributed by atoms with van der Waals surface area (Å²) in [4.78, 5) is 0. The molecule has 0 amide bonds. The van der Waals surface area contributed by atoms with Crippen LogP contribution in [0.5, 0.6) is 0 Å². The van der Waals surface area contributed by atoms with Gasteiger partial charge in [0.15, 0.2) is 6.29 Å². The fourth-order valence-corrected chi connectivity index (χ4v) is 3.38. The van der Waals surface area contributed by atoms with Gasteiger partial charge in [0.2, 0.25) is 6.29 Å².